The van der Waals surface area contributed by atoms with Gasteiger partial charge in [0.25, 0.3) is 0 Å². The van der Waals surface area contributed by atoms with Gasteiger partial charge in [-0.2, -0.15) is 0 Å². The van der Waals surface area contributed by atoms with Crippen LogP contribution < -0.4 is 5.32 Å². The molecule has 1 nitrogen and oxygen atoms in total. The molecule has 0 amide bonds. The van der Waals surface area contributed by atoms with E-state index in [1.807, 2.05) is 0 Å². The SMILES string of the molecule is C/C=C(/C)C1CNC1. The highest BCUT2D eigenvalue weighted by Crippen LogP contribution is 2.13. The first-order valence-corrected chi connectivity index (χ1v) is 3.18. The monoisotopic (exact) mass is 111 g/mol. The second-order valence-electron chi connectivity index (χ2n) is 2.39. The fourth-order valence-corrected chi connectivity index (χ4v) is 0.846. The van der Waals surface area contributed by atoms with Crippen LogP contribution in [-0.4, -0.2) is 13.1 Å². The maximum Gasteiger partial charge on any atom is 0.00445 e. The third kappa shape index (κ3) is 0.920. The van der Waals surface area contributed by atoms with Gasteiger partial charge in [0, 0.05) is 19.0 Å². The third-order valence-electron chi connectivity index (χ3n) is 1.88. The molecule has 0 saturated carbocycles. The van der Waals surface area contributed by atoms with Crippen LogP contribution in [0.2, 0.25) is 0 Å². The Balaban J connectivity index is 2.34. The number of rotatable bonds is 1. The quantitative estimate of drug-likeness (QED) is 0.501. The van der Waals surface area contributed by atoms with Crippen molar-refractivity contribution in [1.29, 1.82) is 0 Å². The first kappa shape index (κ1) is 5.83. The fourth-order valence-electron chi connectivity index (χ4n) is 0.846. The summed E-state index contributed by atoms with van der Waals surface area (Å²) in [5.74, 6) is 0.847. The van der Waals surface area contributed by atoms with Crippen LogP contribution >= 0.6 is 0 Å². The maximum absolute atomic E-state index is 3.24. The van der Waals surface area contributed by atoms with Gasteiger partial charge in [0.1, 0.15) is 0 Å². The average Bonchev–Trinajstić information content (AvgIpc) is 1.62. The van der Waals surface area contributed by atoms with Crippen LogP contribution in [0.15, 0.2) is 11.6 Å². The summed E-state index contributed by atoms with van der Waals surface area (Å²) in [6.07, 6.45) is 2.20. The summed E-state index contributed by atoms with van der Waals surface area (Å²) >= 11 is 0. The molecular formula is C7H13N. The van der Waals surface area contributed by atoms with Gasteiger partial charge < -0.3 is 5.32 Å². The highest BCUT2D eigenvalue weighted by molar-refractivity contribution is 5.06. The number of nitrogens with one attached hydrogen (secondary N) is 1. The predicted molar refractivity (Wildman–Crippen MR) is 35.8 cm³/mol. The Kier molecular flexibility index (Phi) is 1.69. The van der Waals surface area contributed by atoms with E-state index in [-0.39, 0.29) is 0 Å². The van der Waals surface area contributed by atoms with E-state index in [1.165, 1.54) is 18.7 Å². The van der Waals surface area contributed by atoms with Gasteiger partial charge in [0.2, 0.25) is 0 Å². The molecule has 1 aliphatic rings. The van der Waals surface area contributed by atoms with Crippen molar-refractivity contribution in [2.75, 3.05) is 13.1 Å². The Morgan fingerprint density at radius 1 is 1.62 bits per heavy atom. The number of hydrogen-bond acceptors (Lipinski definition) is 1. The predicted octanol–water partition coefficient (Wildman–Crippen LogP) is 1.17. The van der Waals surface area contributed by atoms with Gasteiger partial charge in [-0.25, -0.2) is 0 Å². The molecule has 1 saturated heterocycles. The van der Waals surface area contributed by atoms with Crippen LogP contribution in [0, 0.1) is 5.92 Å². The van der Waals surface area contributed by atoms with E-state index in [1.54, 1.807) is 0 Å². The second-order valence-corrected chi connectivity index (χ2v) is 2.39. The van der Waals surface area contributed by atoms with Gasteiger partial charge in [-0.05, 0) is 13.8 Å². The van der Waals surface area contributed by atoms with E-state index in [0.29, 0.717) is 0 Å². The van der Waals surface area contributed by atoms with Gasteiger partial charge in [-0.1, -0.05) is 11.6 Å². The van der Waals surface area contributed by atoms with Crippen molar-refractivity contribution in [2.24, 2.45) is 5.92 Å². The molecule has 0 radical (unpaired) electrons. The molecule has 8 heavy (non-hydrogen) atoms. The molecule has 0 aromatic carbocycles. The molecule has 1 rings (SSSR count). The van der Waals surface area contributed by atoms with Crippen LogP contribution in [0.25, 0.3) is 0 Å². The first-order valence-electron chi connectivity index (χ1n) is 3.18. The Bertz CT molecular complexity index is 101. The zero-order chi connectivity index (χ0) is 5.98. The standard InChI is InChI=1S/C7H13N/c1-3-6(2)7-4-8-5-7/h3,7-8H,4-5H2,1-2H3/b6-3-. The molecule has 1 fully saturated rings. The van der Waals surface area contributed by atoms with Crippen molar-refractivity contribution in [3.8, 4) is 0 Å². The molecule has 0 aromatic heterocycles. The summed E-state index contributed by atoms with van der Waals surface area (Å²) in [5.41, 5.74) is 1.53. The minimum absolute atomic E-state index is 0.847. The molecule has 0 spiro atoms. The summed E-state index contributed by atoms with van der Waals surface area (Å²) in [6, 6.07) is 0. The average molecular weight is 111 g/mol. The van der Waals surface area contributed by atoms with Crippen LogP contribution in [0.1, 0.15) is 13.8 Å². The summed E-state index contributed by atoms with van der Waals surface area (Å²) in [4.78, 5) is 0. The Labute approximate surface area is 50.8 Å². The molecule has 0 aliphatic carbocycles. The topological polar surface area (TPSA) is 12.0 Å². The lowest BCUT2D eigenvalue weighted by Gasteiger charge is -2.27. The molecule has 1 heteroatoms. The highest BCUT2D eigenvalue weighted by Gasteiger charge is 2.16. The van der Waals surface area contributed by atoms with Gasteiger partial charge >= 0.3 is 0 Å². The van der Waals surface area contributed by atoms with Gasteiger partial charge in [-0.15, -0.1) is 0 Å². The zero-order valence-corrected chi connectivity index (χ0v) is 5.57. The van der Waals surface area contributed by atoms with E-state index in [4.69, 9.17) is 0 Å². The van der Waals surface area contributed by atoms with E-state index < -0.39 is 0 Å². The largest absolute Gasteiger partial charge is 0.315 e. The van der Waals surface area contributed by atoms with E-state index in [0.717, 1.165) is 5.92 Å². The lowest BCUT2D eigenvalue weighted by atomic mass is 9.95. The Morgan fingerprint density at radius 2 is 2.25 bits per heavy atom. The Morgan fingerprint density at radius 3 is 2.38 bits per heavy atom. The molecule has 1 N–H and O–H groups in total. The molecular weight excluding hydrogens is 98.1 g/mol. The van der Waals surface area contributed by atoms with Crippen molar-refractivity contribution in [2.45, 2.75) is 13.8 Å². The van der Waals surface area contributed by atoms with E-state index in [9.17, 15) is 0 Å². The minimum atomic E-state index is 0.847. The summed E-state index contributed by atoms with van der Waals surface area (Å²) in [7, 11) is 0. The van der Waals surface area contributed by atoms with E-state index in [2.05, 4.69) is 25.2 Å². The molecule has 0 unspecified atom stereocenters. The minimum Gasteiger partial charge on any atom is -0.315 e. The normalized spacial score (nSPS) is 23.0. The van der Waals surface area contributed by atoms with Crippen molar-refractivity contribution in [3.63, 3.8) is 0 Å². The smallest absolute Gasteiger partial charge is 0.00445 e. The van der Waals surface area contributed by atoms with Crippen LogP contribution in [0.5, 0.6) is 0 Å². The summed E-state index contributed by atoms with van der Waals surface area (Å²) in [5, 5.41) is 3.24. The molecule has 0 atom stereocenters. The van der Waals surface area contributed by atoms with Crippen LogP contribution in [-0.2, 0) is 0 Å². The number of hydrogen-bond donors (Lipinski definition) is 1. The zero-order valence-electron chi connectivity index (χ0n) is 5.57. The molecule has 1 aliphatic heterocycles. The van der Waals surface area contributed by atoms with Crippen LogP contribution in [0.3, 0.4) is 0 Å². The van der Waals surface area contributed by atoms with Gasteiger partial charge in [0.05, 0.1) is 0 Å². The van der Waals surface area contributed by atoms with Gasteiger partial charge in [-0.3, -0.25) is 0 Å². The van der Waals surface area contributed by atoms with Gasteiger partial charge in [0.15, 0.2) is 0 Å². The lowest BCUT2D eigenvalue weighted by Crippen LogP contribution is -2.42. The van der Waals surface area contributed by atoms with Crippen molar-refractivity contribution < 1.29 is 0 Å². The summed E-state index contributed by atoms with van der Waals surface area (Å²) < 4.78 is 0. The first-order chi connectivity index (χ1) is 3.84. The molecule has 0 bridgehead atoms. The highest BCUT2D eigenvalue weighted by atomic mass is 14.9. The van der Waals surface area contributed by atoms with Crippen molar-refractivity contribution >= 4 is 0 Å². The lowest BCUT2D eigenvalue weighted by molar-refractivity contribution is 0.399. The maximum atomic E-state index is 3.24. The van der Waals surface area contributed by atoms with Crippen LogP contribution in [0.4, 0.5) is 0 Å². The Hall–Kier alpha value is -0.300. The molecule has 0 aromatic rings. The molecule has 46 valence electrons. The fraction of sp³-hybridized carbons (Fsp3) is 0.714. The van der Waals surface area contributed by atoms with Crippen molar-refractivity contribution in [3.05, 3.63) is 11.6 Å². The van der Waals surface area contributed by atoms with Crippen molar-refractivity contribution in [1.82, 2.24) is 5.32 Å². The van der Waals surface area contributed by atoms with E-state index >= 15 is 0 Å². The summed E-state index contributed by atoms with van der Waals surface area (Å²) in [6.45, 7) is 6.69. The third-order valence-corrected chi connectivity index (χ3v) is 1.88. The molecule has 1 heterocycles. The second kappa shape index (κ2) is 2.31. The number of allylic oxidation sites excluding steroid dienone is 1.